The predicted molar refractivity (Wildman–Crippen MR) is 105 cm³/mol. The number of rotatable bonds is 4. The van der Waals surface area contributed by atoms with Gasteiger partial charge in [-0.3, -0.25) is 0 Å². The fourth-order valence-electron chi connectivity index (χ4n) is 3.57. The van der Waals surface area contributed by atoms with Gasteiger partial charge in [-0.2, -0.15) is 0 Å². The molecule has 136 valence electrons. The lowest BCUT2D eigenvalue weighted by Gasteiger charge is -2.32. The first kappa shape index (κ1) is 17.1. The first-order chi connectivity index (χ1) is 12.5. The molecule has 0 radical (unpaired) electrons. The lowest BCUT2D eigenvalue weighted by Crippen LogP contribution is -2.44. The maximum atomic E-state index is 11.4. The number of anilines is 1. The monoisotopic (exact) mass is 370 g/mol. The Morgan fingerprint density at radius 2 is 1.92 bits per heavy atom. The molecule has 2 N–H and O–H groups in total. The number of H-pyrrole nitrogens is 1. The van der Waals surface area contributed by atoms with E-state index in [-0.39, 0.29) is 6.04 Å². The highest BCUT2D eigenvalue weighted by atomic mass is 32.2. The van der Waals surface area contributed by atoms with Crippen LogP contribution >= 0.6 is 0 Å². The number of nitrogens with one attached hydrogen (secondary N) is 2. The molecule has 2 aromatic heterocycles. The summed E-state index contributed by atoms with van der Waals surface area (Å²) >= 11 is 0. The van der Waals surface area contributed by atoms with Crippen molar-refractivity contribution >= 4 is 26.7 Å². The number of aromatic amines is 1. The Balaban J connectivity index is 1.47. The first-order valence-corrected chi connectivity index (χ1v) is 10.6. The van der Waals surface area contributed by atoms with E-state index in [2.05, 4.69) is 37.8 Å². The van der Waals surface area contributed by atoms with Gasteiger partial charge in [0.2, 0.25) is 10.0 Å². The Hall–Kier alpha value is -2.38. The van der Waals surface area contributed by atoms with Gasteiger partial charge in [0.25, 0.3) is 0 Å². The Labute approximate surface area is 153 Å². The largest absolute Gasteiger partial charge is 0.361 e. The summed E-state index contributed by atoms with van der Waals surface area (Å²) in [7, 11) is -3.14. The number of pyridine rings is 1. The summed E-state index contributed by atoms with van der Waals surface area (Å²) in [5.41, 5.74) is 3.35. The average Bonchev–Trinajstić information content (AvgIpc) is 3.05. The summed E-state index contributed by atoms with van der Waals surface area (Å²) in [6.45, 7) is 1.60. The van der Waals surface area contributed by atoms with Crippen LogP contribution in [0.5, 0.6) is 0 Å². The summed E-state index contributed by atoms with van der Waals surface area (Å²) in [5, 5.41) is 1.19. The van der Waals surface area contributed by atoms with E-state index in [9.17, 15) is 8.42 Å². The molecule has 26 heavy (non-hydrogen) atoms. The second-order valence-corrected chi connectivity index (χ2v) is 8.58. The Morgan fingerprint density at radius 1 is 1.15 bits per heavy atom. The van der Waals surface area contributed by atoms with Gasteiger partial charge in [0, 0.05) is 53.6 Å². The van der Waals surface area contributed by atoms with Gasteiger partial charge in [0.1, 0.15) is 5.82 Å². The number of para-hydroxylation sites is 1. The van der Waals surface area contributed by atoms with Gasteiger partial charge in [0.05, 0.1) is 6.26 Å². The molecule has 0 amide bonds. The summed E-state index contributed by atoms with van der Waals surface area (Å²) in [6, 6.07) is 12.4. The molecule has 0 bridgehead atoms. The predicted octanol–water partition coefficient (Wildman–Crippen LogP) is 2.75. The number of benzene rings is 1. The van der Waals surface area contributed by atoms with E-state index < -0.39 is 10.0 Å². The van der Waals surface area contributed by atoms with Gasteiger partial charge in [-0.05, 0) is 31.0 Å². The molecule has 1 fully saturated rings. The highest BCUT2D eigenvalue weighted by molar-refractivity contribution is 7.88. The molecule has 1 saturated heterocycles. The molecule has 1 aliphatic rings. The second-order valence-electron chi connectivity index (χ2n) is 6.80. The third kappa shape index (κ3) is 3.59. The Kier molecular flexibility index (Phi) is 4.42. The summed E-state index contributed by atoms with van der Waals surface area (Å²) in [4.78, 5) is 10.1. The van der Waals surface area contributed by atoms with Gasteiger partial charge in [-0.15, -0.1) is 0 Å². The van der Waals surface area contributed by atoms with Crippen molar-refractivity contribution in [2.45, 2.75) is 18.9 Å². The van der Waals surface area contributed by atoms with E-state index in [1.165, 1.54) is 11.6 Å². The number of hydrogen-bond acceptors (Lipinski definition) is 4. The molecule has 1 aliphatic heterocycles. The van der Waals surface area contributed by atoms with Crippen LogP contribution < -0.4 is 9.62 Å². The molecule has 1 aromatic carbocycles. The van der Waals surface area contributed by atoms with E-state index in [4.69, 9.17) is 0 Å². The second kappa shape index (κ2) is 6.74. The van der Waals surface area contributed by atoms with Crippen LogP contribution in [0.4, 0.5) is 5.82 Å². The number of sulfonamides is 1. The smallest absolute Gasteiger partial charge is 0.208 e. The molecule has 0 aliphatic carbocycles. The van der Waals surface area contributed by atoms with E-state index in [1.54, 1.807) is 0 Å². The SMILES string of the molecule is CS(=O)(=O)NC1CCN(c2ccc(-c3c[nH]c4ccccc34)cn2)CC1. The molecule has 6 nitrogen and oxygen atoms in total. The lowest BCUT2D eigenvalue weighted by molar-refractivity contribution is 0.460. The van der Waals surface area contributed by atoms with Gasteiger partial charge in [-0.1, -0.05) is 18.2 Å². The van der Waals surface area contributed by atoms with Crippen LogP contribution in [0.2, 0.25) is 0 Å². The normalized spacial score (nSPS) is 16.3. The first-order valence-electron chi connectivity index (χ1n) is 8.74. The molecule has 3 heterocycles. The van der Waals surface area contributed by atoms with Crippen molar-refractivity contribution in [1.29, 1.82) is 0 Å². The lowest BCUT2D eigenvalue weighted by atomic mass is 10.1. The molecule has 0 atom stereocenters. The van der Waals surface area contributed by atoms with Crippen molar-refractivity contribution in [2.24, 2.45) is 0 Å². The van der Waals surface area contributed by atoms with E-state index in [0.717, 1.165) is 48.4 Å². The van der Waals surface area contributed by atoms with E-state index >= 15 is 0 Å². The molecule has 0 saturated carbocycles. The van der Waals surface area contributed by atoms with E-state index in [0.29, 0.717) is 0 Å². The quantitative estimate of drug-likeness (QED) is 0.740. The number of hydrogen-bond donors (Lipinski definition) is 2. The van der Waals surface area contributed by atoms with Gasteiger partial charge < -0.3 is 9.88 Å². The van der Waals surface area contributed by atoms with Gasteiger partial charge >= 0.3 is 0 Å². The number of aromatic nitrogens is 2. The topological polar surface area (TPSA) is 78.1 Å². The molecule has 3 aromatic rings. The molecular formula is C19H22N4O2S. The fourth-order valence-corrected chi connectivity index (χ4v) is 4.41. The van der Waals surface area contributed by atoms with Crippen molar-refractivity contribution in [1.82, 2.24) is 14.7 Å². The number of piperidine rings is 1. The zero-order chi connectivity index (χ0) is 18.1. The molecule has 4 rings (SSSR count). The molecular weight excluding hydrogens is 348 g/mol. The van der Waals surface area contributed by atoms with Crippen molar-refractivity contribution < 1.29 is 8.42 Å². The van der Waals surface area contributed by atoms with Crippen LogP contribution in [0.25, 0.3) is 22.0 Å². The molecule has 7 heteroatoms. The van der Waals surface area contributed by atoms with Gasteiger partial charge in [-0.25, -0.2) is 18.1 Å². The average molecular weight is 370 g/mol. The zero-order valence-corrected chi connectivity index (χ0v) is 15.5. The standard InChI is InChI=1S/C19H22N4O2S/c1-26(24,25)22-15-8-10-23(11-9-15)19-7-6-14(12-21-19)17-13-20-18-5-3-2-4-16(17)18/h2-7,12-13,15,20,22H,8-11H2,1H3. The summed E-state index contributed by atoms with van der Waals surface area (Å²) < 4.78 is 25.4. The highest BCUT2D eigenvalue weighted by Gasteiger charge is 2.22. The van der Waals surface area contributed by atoms with Crippen LogP contribution in [0.15, 0.2) is 48.8 Å². The van der Waals surface area contributed by atoms with Crippen LogP contribution in [-0.2, 0) is 10.0 Å². The Bertz CT molecular complexity index is 1000. The maximum absolute atomic E-state index is 11.4. The molecule has 0 unspecified atom stereocenters. The van der Waals surface area contributed by atoms with Crippen molar-refractivity contribution in [3.8, 4) is 11.1 Å². The minimum Gasteiger partial charge on any atom is -0.361 e. The van der Waals surface area contributed by atoms with Crippen molar-refractivity contribution in [3.63, 3.8) is 0 Å². The summed E-state index contributed by atoms with van der Waals surface area (Å²) in [6.07, 6.45) is 6.72. The third-order valence-electron chi connectivity index (χ3n) is 4.85. The maximum Gasteiger partial charge on any atom is 0.208 e. The van der Waals surface area contributed by atoms with Crippen molar-refractivity contribution in [3.05, 3.63) is 48.8 Å². The minimum absolute atomic E-state index is 0.0201. The summed E-state index contributed by atoms with van der Waals surface area (Å²) in [5.74, 6) is 0.936. The molecule has 0 spiro atoms. The van der Waals surface area contributed by atoms with Crippen LogP contribution in [-0.4, -0.2) is 43.8 Å². The van der Waals surface area contributed by atoms with E-state index in [1.807, 2.05) is 30.6 Å². The fraction of sp³-hybridized carbons (Fsp3) is 0.316. The highest BCUT2D eigenvalue weighted by Crippen LogP contribution is 2.29. The van der Waals surface area contributed by atoms with Crippen LogP contribution in [0.1, 0.15) is 12.8 Å². The Morgan fingerprint density at radius 3 is 2.62 bits per heavy atom. The van der Waals surface area contributed by atoms with Gasteiger partial charge in [0.15, 0.2) is 0 Å². The van der Waals surface area contributed by atoms with Crippen LogP contribution in [0.3, 0.4) is 0 Å². The number of fused-ring (bicyclic) bond motifs is 1. The zero-order valence-electron chi connectivity index (χ0n) is 14.6. The van der Waals surface area contributed by atoms with Crippen LogP contribution in [0, 0.1) is 0 Å². The number of nitrogens with zero attached hydrogens (tertiary/aromatic N) is 2. The van der Waals surface area contributed by atoms with Crippen molar-refractivity contribution in [2.75, 3.05) is 24.2 Å². The third-order valence-corrected chi connectivity index (χ3v) is 5.61. The minimum atomic E-state index is -3.14.